The monoisotopic (exact) mass is 371 g/mol. The molecule has 0 radical (unpaired) electrons. The van der Waals surface area contributed by atoms with Crippen molar-refractivity contribution in [3.8, 4) is 11.5 Å². The average Bonchev–Trinajstić information content (AvgIpc) is 2.97. The summed E-state index contributed by atoms with van der Waals surface area (Å²) in [6, 6.07) is 10.1. The predicted molar refractivity (Wildman–Crippen MR) is 106 cm³/mol. The Kier molecular flexibility index (Phi) is 5.47. The summed E-state index contributed by atoms with van der Waals surface area (Å²) >= 11 is 1.62. The number of carbonyl (C=O) groups is 1. The first-order valence-corrected chi connectivity index (χ1v) is 9.69. The SMILES string of the molecule is COc1cccc(OC)c1C1SCC(=O)N1Cc1c(C)cc(C)cc1C. The second kappa shape index (κ2) is 7.62. The second-order valence-corrected chi connectivity index (χ2v) is 7.71. The van der Waals surface area contributed by atoms with Gasteiger partial charge in [-0.15, -0.1) is 11.8 Å². The molecule has 1 aliphatic heterocycles. The first-order valence-electron chi connectivity index (χ1n) is 8.65. The number of rotatable bonds is 5. The average molecular weight is 372 g/mol. The number of aryl methyl sites for hydroxylation is 3. The van der Waals surface area contributed by atoms with E-state index in [9.17, 15) is 4.79 Å². The summed E-state index contributed by atoms with van der Waals surface area (Å²) in [6.07, 6.45) is 0. The van der Waals surface area contributed by atoms with Gasteiger partial charge in [0.05, 0.1) is 25.5 Å². The Morgan fingerprint density at radius 3 is 2.19 bits per heavy atom. The molecule has 2 aromatic rings. The number of methoxy groups -OCH3 is 2. The van der Waals surface area contributed by atoms with Crippen molar-refractivity contribution >= 4 is 17.7 Å². The van der Waals surface area contributed by atoms with Crippen molar-refractivity contribution in [1.82, 2.24) is 4.90 Å². The summed E-state index contributed by atoms with van der Waals surface area (Å²) in [5.41, 5.74) is 5.82. The summed E-state index contributed by atoms with van der Waals surface area (Å²) in [6.45, 7) is 6.92. The van der Waals surface area contributed by atoms with Crippen LogP contribution >= 0.6 is 11.8 Å². The lowest BCUT2D eigenvalue weighted by atomic mass is 9.99. The second-order valence-electron chi connectivity index (χ2n) is 6.64. The Labute approximate surface area is 159 Å². The molecule has 1 heterocycles. The number of carbonyl (C=O) groups excluding carboxylic acids is 1. The van der Waals surface area contributed by atoms with Crippen molar-refractivity contribution in [1.29, 1.82) is 0 Å². The molecule has 0 aliphatic carbocycles. The van der Waals surface area contributed by atoms with Gasteiger partial charge in [-0.3, -0.25) is 4.79 Å². The van der Waals surface area contributed by atoms with E-state index in [4.69, 9.17) is 9.47 Å². The Morgan fingerprint density at radius 1 is 1.08 bits per heavy atom. The number of ether oxygens (including phenoxy) is 2. The third-order valence-electron chi connectivity index (χ3n) is 4.85. The molecule has 0 saturated carbocycles. The molecule has 1 amide bonds. The minimum atomic E-state index is -0.117. The Morgan fingerprint density at radius 2 is 1.65 bits per heavy atom. The maximum atomic E-state index is 12.7. The van der Waals surface area contributed by atoms with Crippen molar-refractivity contribution < 1.29 is 14.3 Å². The largest absolute Gasteiger partial charge is 0.496 e. The summed E-state index contributed by atoms with van der Waals surface area (Å²) in [7, 11) is 3.30. The zero-order valence-electron chi connectivity index (χ0n) is 16.0. The molecule has 1 atom stereocenters. The van der Waals surface area contributed by atoms with E-state index in [1.54, 1.807) is 26.0 Å². The van der Waals surface area contributed by atoms with Gasteiger partial charge >= 0.3 is 0 Å². The third kappa shape index (κ3) is 3.40. The summed E-state index contributed by atoms with van der Waals surface area (Å²) in [4.78, 5) is 14.6. The van der Waals surface area contributed by atoms with Crippen LogP contribution in [-0.4, -0.2) is 30.8 Å². The van der Waals surface area contributed by atoms with Crippen LogP contribution in [0.3, 0.4) is 0 Å². The number of hydrogen-bond donors (Lipinski definition) is 0. The molecule has 1 aliphatic rings. The molecule has 26 heavy (non-hydrogen) atoms. The fraction of sp³-hybridized carbons (Fsp3) is 0.381. The normalized spacial score (nSPS) is 16.9. The molecular formula is C21H25NO3S. The molecule has 1 fully saturated rings. The fourth-order valence-corrected chi connectivity index (χ4v) is 4.85. The highest BCUT2D eigenvalue weighted by atomic mass is 32.2. The lowest BCUT2D eigenvalue weighted by Crippen LogP contribution is -2.29. The zero-order valence-corrected chi connectivity index (χ0v) is 16.8. The minimum absolute atomic E-state index is 0.117. The number of hydrogen-bond acceptors (Lipinski definition) is 4. The van der Waals surface area contributed by atoms with Crippen molar-refractivity contribution in [3.05, 3.63) is 58.1 Å². The molecule has 1 saturated heterocycles. The van der Waals surface area contributed by atoms with Crippen LogP contribution in [0.15, 0.2) is 30.3 Å². The molecule has 5 heteroatoms. The van der Waals surface area contributed by atoms with E-state index in [1.807, 2.05) is 23.1 Å². The molecule has 4 nitrogen and oxygen atoms in total. The lowest BCUT2D eigenvalue weighted by Gasteiger charge is -2.28. The Balaban J connectivity index is 2.01. The third-order valence-corrected chi connectivity index (χ3v) is 6.07. The van der Waals surface area contributed by atoms with Gasteiger partial charge in [0.2, 0.25) is 5.91 Å². The number of nitrogens with zero attached hydrogens (tertiary/aromatic N) is 1. The summed E-state index contributed by atoms with van der Waals surface area (Å²) in [5.74, 6) is 2.11. The quantitative estimate of drug-likeness (QED) is 0.781. The number of thioether (sulfide) groups is 1. The maximum absolute atomic E-state index is 12.7. The Hall–Kier alpha value is -2.14. The lowest BCUT2D eigenvalue weighted by molar-refractivity contribution is -0.128. The highest BCUT2D eigenvalue weighted by molar-refractivity contribution is 8.00. The summed E-state index contributed by atoms with van der Waals surface area (Å²) < 4.78 is 11.1. The van der Waals surface area contributed by atoms with Crippen LogP contribution in [0, 0.1) is 20.8 Å². The van der Waals surface area contributed by atoms with E-state index in [0.717, 1.165) is 17.1 Å². The van der Waals surface area contributed by atoms with E-state index in [2.05, 4.69) is 32.9 Å². The molecule has 0 spiro atoms. The zero-order chi connectivity index (χ0) is 18.8. The standard InChI is InChI=1S/C21H25NO3S/c1-13-9-14(2)16(15(3)10-13)11-22-19(23)12-26-21(22)20-17(24-4)7-6-8-18(20)25-5/h6-10,21H,11-12H2,1-5H3. The van der Waals surface area contributed by atoms with Gasteiger partial charge in [0, 0.05) is 6.54 Å². The van der Waals surface area contributed by atoms with E-state index in [1.165, 1.54) is 22.3 Å². The maximum Gasteiger partial charge on any atom is 0.234 e. The molecule has 2 aromatic carbocycles. The highest BCUT2D eigenvalue weighted by Gasteiger charge is 2.36. The van der Waals surface area contributed by atoms with E-state index >= 15 is 0 Å². The Bertz CT molecular complexity index is 789. The van der Waals surface area contributed by atoms with Crippen LogP contribution in [0.2, 0.25) is 0 Å². The number of benzene rings is 2. The molecule has 0 aromatic heterocycles. The van der Waals surface area contributed by atoms with Gasteiger partial charge < -0.3 is 14.4 Å². The van der Waals surface area contributed by atoms with Crippen LogP contribution in [0.5, 0.6) is 11.5 Å². The van der Waals surface area contributed by atoms with E-state index in [0.29, 0.717) is 12.3 Å². The van der Waals surface area contributed by atoms with Gasteiger partial charge in [0.25, 0.3) is 0 Å². The van der Waals surface area contributed by atoms with Crippen LogP contribution < -0.4 is 9.47 Å². The first kappa shape index (κ1) is 18.6. The van der Waals surface area contributed by atoms with Crippen LogP contribution in [0.4, 0.5) is 0 Å². The molecular weight excluding hydrogens is 346 g/mol. The number of amides is 1. The molecule has 1 unspecified atom stereocenters. The van der Waals surface area contributed by atoms with Gasteiger partial charge in [-0.2, -0.15) is 0 Å². The smallest absolute Gasteiger partial charge is 0.234 e. The van der Waals surface area contributed by atoms with Crippen LogP contribution in [-0.2, 0) is 11.3 Å². The molecule has 3 rings (SSSR count). The molecule has 138 valence electrons. The molecule has 0 N–H and O–H groups in total. The van der Waals surface area contributed by atoms with Gasteiger partial charge in [0.15, 0.2) is 0 Å². The van der Waals surface area contributed by atoms with Gasteiger partial charge in [-0.25, -0.2) is 0 Å². The highest BCUT2D eigenvalue weighted by Crippen LogP contribution is 2.47. The van der Waals surface area contributed by atoms with Crippen LogP contribution in [0.25, 0.3) is 0 Å². The predicted octanol–water partition coefficient (Wildman–Crippen LogP) is 4.40. The first-order chi connectivity index (χ1) is 12.5. The minimum Gasteiger partial charge on any atom is -0.496 e. The molecule has 0 bridgehead atoms. The van der Waals surface area contributed by atoms with Crippen molar-refractivity contribution in [2.45, 2.75) is 32.7 Å². The topological polar surface area (TPSA) is 38.8 Å². The van der Waals surface area contributed by atoms with Gasteiger partial charge in [-0.1, -0.05) is 23.8 Å². The van der Waals surface area contributed by atoms with Crippen molar-refractivity contribution in [2.24, 2.45) is 0 Å². The van der Waals surface area contributed by atoms with E-state index < -0.39 is 0 Å². The van der Waals surface area contributed by atoms with Gasteiger partial charge in [-0.05, 0) is 49.6 Å². The fourth-order valence-electron chi connectivity index (χ4n) is 3.62. The van der Waals surface area contributed by atoms with E-state index in [-0.39, 0.29) is 11.3 Å². The summed E-state index contributed by atoms with van der Waals surface area (Å²) in [5, 5.41) is -0.117. The van der Waals surface area contributed by atoms with Crippen molar-refractivity contribution in [2.75, 3.05) is 20.0 Å². The van der Waals surface area contributed by atoms with Gasteiger partial charge in [0.1, 0.15) is 16.9 Å². The van der Waals surface area contributed by atoms with Crippen LogP contribution in [0.1, 0.15) is 33.2 Å². The van der Waals surface area contributed by atoms with Crippen molar-refractivity contribution in [3.63, 3.8) is 0 Å².